The molecule has 0 heterocycles. The molecule has 43 heavy (non-hydrogen) atoms. The number of carbonyl (C=O) groups is 2. The molecule has 0 unspecified atom stereocenters. The molecule has 0 bridgehead atoms. The second kappa shape index (κ2) is 27.4. The monoisotopic (exact) mass is 610 g/mol. The Labute approximate surface area is 261 Å². The molecule has 0 spiro atoms. The third kappa shape index (κ3) is 21.2. The summed E-state index contributed by atoms with van der Waals surface area (Å²) in [5, 5.41) is 28.4. The number of aliphatic carboxylic acids is 1. The lowest BCUT2D eigenvalue weighted by Crippen LogP contribution is -2.40. The number of aliphatic hydroxyl groups excluding tert-OH is 2. The van der Waals surface area contributed by atoms with Crippen LogP contribution >= 0.6 is 0 Å². The topological polar surface area (TPSA) is 123 Å². The zero-order chi connectivity index (χ0) is 32.2. The molecule has 0 atom stereocenters. The Morgan fingerprint density at radius 1 is 0.744 bits per heavy atom. The van der Waals surface area contributed by atoms with Crippen LogP contribution in [0, 0.1) is 11.3 Å². The van der Waals surface area contributed by atoms with Gasteiger partial charge in [0.1, 0.15) is 12.4 Å². The minimum Gasteiger partial charge on any atom is -0.497 e. The lowest BCUT2D eigenvalue weighted by atomic mass is 9.92. The van der Waals surface area contributed by atoms with Crippen LogP contribution in [0.1, 0.15) is 129 Å². The summed E-state index contributed by atoms with van der Waals surface area (Å²) in [7, 11) is 1.61. The highest BCUT2D eigenvalue weighted by Gasteiger charge is 2.31. The Bertz CT molecular complexity index is 780. The largest absolute Gasteiger partial charge is 0.497 e. The number of carbonyl (C=O) groups excluding carboxylic acids is 1. The fourth-order valence-corrected chi connectivity index (χ4v) is 4.59. The maximum Gasteiger partial charge on any atom is 0.306 e. The third-order valence-corrected chi connectivity index (χ3v) is 7.69. The predicted octanol–water partition coefficient (Wildman–Crippen LogP) is 7.71. The second-order valence-electron chi connectivity index (χ2n) is 11.7. The van der Waals surface area contributed by atoms with Crippen LogP contribution in [0.15, 0.2) is 24.3 Å². The number of carboxylic acids is 1. The summed E-state index contributed by atoms with van der Waals surface area (Å²) in [6, 6.07) is 7.45. The highest BCUT2D eigenvalue weighted by atomic mass is 16.5. The quantitative estimate of drug-likeness (QED) is 0.0720. The number of aliphatic hydroxyl groups is 2. The Kier molecular flexibility index (Phi) is 26.0. The Balaban J connectivity index is 0.000000942. The van der Waals surface area contributed by atoms with Gasteiger partial charge < -0.3 is 29.5 Å². The molecule has 8 heteroatoms. The average molecular weight is 611 g/mol. The molecule has 8 nitrogen and oxygen atoms in total. The first-order valence-electron chi connectivity index (χ1n) is 16.6. The minimum absolute atomic E-state index is 0.0591. The molecule has 0 aliphatic heterocycles. The molecular formula is C35H62O8. The lowest BCUT2D eigenvalue weighted by Gasteiger charge is -2.28. The number of hydrogen-bond acceptors (Lipinski definition) is 7. The van der Waals surface area contributed by atoms with E-state index in [4.69, 9.17) is 19.3 Å². The number of carboxylic acid groups (broad SMARTS) is 1. The first-order chi connectivity index (χ1) is 20.8. The van der Waals surface area contributed by atoms with Gasteiger partial charge >= 0.3 is 11.9 Å². The van der Waals surface area contributed by atoms with Crippen LogP contribution in [-0.2, 0) is 25.7 Å². The van der Waals surface area contributed by atoms with E-state index in [0.717, 1.165) is 62.7 Å². The van der Waals surface area contributed by atoms with E-state index in [2.05, 4.69) is 20.8 Å². The number of hydrogen-bond donors (Lipinski definition) is 3. The van der Waals surface area contributed by atoms with Crippen LogP contribution in [0.4, 0.5) is 0 Å². The van der Waals surface area contributed by atoms with Crippen molar-refractivity contribution in [1.82, 2.24) is 0 Å². The molecule has 0 saturated carbocycles. The van der Waals surface area contributed by atoms with Gasteiger partial charge in [-0.25, -0.2) is 0 Å². The molecule has 0 aromatic heterocycles. The van der Waals surface area contributed by atoms with E-state index in [1.165, 1.54) is 44.9 Å². The van der Waals surface area contributed by atoms with Crippen molar-refractivity contribution in [2.45, 2.75) is 130 Å². The van der Waals surface area contributed by atoms with Crippen molar-refractivity contribution in [1.29, 1.82) is 0 Å². The van der Waals surface area contributed by atoms with Crippen molar-refractivity contribution in [2.24, 2.45) is 11.3 Å². The van der Waals surface area contributed by atoms with E-state index in [1.54, 1.807) is 7.11 Å². The molecule has 0 aliphatic rings. The van der Waals surface area contributed by atoms with Gasteiger partial charge in [0.2, 0.25) is 0 Å². The standard InChI is InChI=1S/C21H34O6.C14H28O2/c1-3-4-5-6-7-8-20(24)27-17-21(14-22,15-23)16-26-13-18-9-11-19(25-2)12-10-18;1-3-5-7-9-11-13(14(15)16)12-10-8-6-4-2/h9-12,22-23H,3-8,13-17H2,1-2H3;13H,3-12H2,1-2H3,(H,15,16). The van der Waals surface area contributed by atoms with E-state index in [0.29, 0.717) is 13.0 Å². The SMILES string of the molecule is CCCCCCC(CCCCCC)C(=O)O.CCCCCCCC(=O)OCC(CO)(CO)COCc1ccc(OC)cc1. The zero-order valence-corrected chi connectivity index (χ0v) is 27.6. The molecule has 0 amide bonds. The van der Waals surface area contributed by atoms with Gasteiger partial charge in [-0.15, -0.1) is 0 Å². The fourth-order valence-electron chi connectivity index (χ4n) is 4.59. The zero-order valence-electron chi connectivity index (χ0n) is 27.6. The molecule has 1 aromatic carbocycles. The van der Waals surface area contributed by atoms with Crippen molar-refractivity contribution in [2.75, 3.05) is 33.5 Å². The van der Waals surface area contributed by atoms with Gasteiger partial charge in [0.15, 0.2) is 0 Å². The van der Waals surface area contributed by atoms with Gasteiger partial charge in [-0.2, -0.15) is 0 Å². The van der Waals surface area contributed by atoms with Gasteiger partial charge in [0.25, 0.3) is 0 Å². The predicted molar refractivity (Wildman–Crippen MR) is 172 cm³/mol. The van der Waals surface area contributed by atoms with Gasteiger partial charge in [0.05, 0.1) is 44.9 Å². The number of unbranched alkanes of at least 4 members (excludes halogenated alkanes) is 10. The minimum atomic E-state index is -0.996. The van der Waals surface area contributed by atoms with E-state index in [-0.39, 0.29) is 38.3 Å². The number of ether oxygens (including phenoxy) is 3. The van der Waals surface area contributed by atoms with Crippen molar-refractivity contribution in [3.8, 4) is 5.75 Å². The lowest BCUT2D eigenvalue weighted by molar-refractivity contribution is -0.153. The van der Waals surface area contributed by atoms with Gasteiger partial charge in [0, 0.05) is 6.42 Å². The molecule has 0 aliphatic carbocycles. The van der Waals surface area contributed by atoms with Crippen molar-refractivity contribution < 1.29 is 39.1 Å². The normalized spacial score (nSPS) is 11.2. The van der Waals surface area contributed by atoms with Crippen molar-refractivity contribution in [3.63, 3.8) is 0 Å². The van der Waals surface area contributed by atoms with E-state index >= 15 is 0 Å². The summed E-state index contributed by atoms with van der Waals surface area (Å²) in [6.45, 7) is 6.22. The second-order valence-corrected chi connectivity index (χ2v) is 11.7. The summed E-state index contributed by atoms with van der Waals surface area (Å²) >= 11 is 0. The van der Waals surface area contributed by atoms with Crippen LogP contribution < -0.4 is 4.74 Å². The first kappa shape index (κ1) is 40.8. The Morgan fingerprint density at radius 3 is 1.72 bits per heavy atom. The van der Waals surface area contributed by atoms with E-state index in [9.17, 15) is 19.8 Å². The molecule has 250 valence electrons. The number of benzene rings is 1. The number of rotatable bonds is 26. The summed E-state index contributed by atoms with van der Waals surface area (Å²) in [6.07, 6.45) is 16.9. The number of methoxy groups -OCH3 is 1. The third-order valence-electron chi connectivity index (χ3n) is 7.69. The van der Waals surface area contributed by atoms with Crippen LogP contribution in [0.2, 0.25) is 0 Å². The smallest absolute Gasteiger partial charge is 0.306 e. The summed E-state index contributed by atoms with van der Waals surface area (Å²) in [5.41, 5.74) is -0.0469. The maximum atomic E-state index is 11.9. The Hall–Kier alpha value is -2.16. The average Bonchev–Trinajstić information content (AvgIpc) is 3.02. The molecule has 1 aromatic rings. The van der Waals surface area contributed by atoms with Gasteiger partial charge in [-0.05, 0) is 37.0 Å². The molecular weight excluding hydrogens is 548 g/mol. The summed E-state index contributed by atoms with van der Waals surface area (Å²) in [5.74, 6) is -0.213. The number of esters is 1. The Morgan fingerprint density at radius 2 is 1.26 bits per heavy atom. The molecule has 0 fully saturated rings. The van der Waals surface area contributed by atoms with Crippen LogP contribution in [0.5, 0.6) is 5.75 Å². The summed E-state index contributed by atoms with van der Waals surface area (Å²) in [4.78, 5) is 22.9. The van der Waals surface area contributed by atoms with Crippen LogP contribution in [0.3, 0.4) is 0 Å². The highest BCUT2D eigenvalue weighted by molar-refractivity contribution is 5.70. The molecule has 0 saturated heterocycles. The molecule has 3 N–H and O–H groups in total. The van der Waals surface area contributed by atoms with Gasteiger partial charge in [-0.3, -0.25) is 9.59 Å². The first-order valence-corrected chi connectivity index (χ1v) is 16.6. The maximum absolute atomic E-state index is 11.9. The van der Waals surface area contributed by atoms with Crippen LogP contribution in [0.25, 0.3) is 0 Å². The molecule has 1 rings (SSSR count). The summed E-state index contributed by atoms with van der Waals surface area (Å²) < 4.78 is 16.0. The van der Waals surface area contributed by atoms with E-state index < -0.39 is 11.4 Å². The van der Waals surface area contributed by atoms with Crippen LogP contribution in [-0.4, -0.2) is 60.8 Å². The molecule has 0 radical (unpaired) electrons. The van der Waals surface area contributed by atoms with Crippen molar-refractivity contribution >= 4 is 11.9 Å². The van der Waals surface area contributed by atoms with Gasteiger partial charge in [-0.1, -0.05) is 110 Å². The highest BCUT2D eigenvalue weighted by Crippen LogP contribution is 2.20. The van der Waals surface area contributed by atoms with Crippen molar-refractivity contribution in [3.05, 3.63) is 29.8 Å². The fraction of sp³-hybridized carbons (Fsp3) is 0.771. The van der Waals surface area contributed by atoms with E-state index in [1.807, 2.05) is 24.3 Å².